The molecule has 0 amide bonds. The van der Waals surface area contributed by atoms with Crippen molar-refractivity contribution < 1.29 is 0 Å². The lowest BCUT2D eigenvalue weighted by molar-refractivity contribution is 0.866. The van der Waals surface area contributed by atoms with Crippen molar-refractivity contribution in [3.8, 4) is 6.07 Å². The second-order valence-corrected chi connectivity index (χ2v) is 2.49. The van der Waals surface area contributed by atoms with Gasteiger partial charge < -0.3 is 0 Å². The van der Waals surface area contributed by atoms with Crippen molar-refractivity contribution in [2.24, 2.45) is 0 Å². The van der Waals surface area contributed by atoms with Gasteiger partial charge in [-0.1, -0.05) is 0 Å². The van der Waals surface area contributed by atoms with Crippen molar-refractivity contribution in [1.82, 2.24) is 14.6 Å². The topological polar surface area (TPSA) is 54.0 Å². The molecule has 12 heavy (non-hydrogen) atoms. The third-order valence-corrected chi connectivity index (χ3v) is 1.75. The zero-order valence-electron chi connectivity index (χ0n) is 6.52. The van der Waals surface area contributed by atoms with Crippen molar-refractivity contribution in [1.29, 1.82) is 5.26 Å². The van der Waals surface area contributed by atoms with E-state index < -0.39 is 0 Å². The molecule has 0 N–H and O–H groups in total. The van der Waals surface area contributed by atoms with Crippen molar-refractivity contribution in [2.45, 2.75) is 6.92 Å². The standard InChI is InChI=1S/C8H6N4/c1-6-2-3-8-7(4-9)10-5-11-12(6)8/h2-3,5H,1H3. The van der Waals surface area contributed by atoms with Crippen molar-refractivity contribution >= 4 is 5.52 Å². The second-order valence-electron chi connectivity index (χ2n) is 2.49. The molecule has 0 saturated carbocycles. The minimum atomic E-state index is 0.415. The van der Waals surface area contributed by atoms with Gasteiger partial charge in [-0.05, 0) is 19.1 Å². The maximum absolute atomic E-state index is 8.69. The zero-order valence-corrected chi connectivity index (χ0v) is 6.52. The molecule has 0 aliphatic carbocycles. The number of fused-ring (bicyclic) bond motifs is 1. The maximum atomic E-state index is 8.69. The smallest absolute Gasteiger partial charge is 0.168 e. The number of rotatable bonds is 0. The molecule has 0 aromatic carbocycles. The van der Waals surface area contributed by atoms with Gasteiger partial charge in [-0.15, -0.1) is 0 Å². The van der Waals surface area contributed by atoms with Crippen LogP contribution in [0.5, 0.6) is 0 Å². The van der Waals surface area contributed by atoms with E-state index in [2.05, 4.69) is 10.1 Å². The van der Waals surface area contributed by atoms with E-state index in [1.807, 2.05) is 25.1 Å². The summed E-state index contributed by atoms with van der Waals surface area (Å²) in [5.74, 6) is 0. The number of hydrogen-bond donors (Lipinski definition) is 0. The molecule has 0 bridgehead atoms. The number of hydrogen-bond acceptors (Lipinski definition) is 3. The van der Waals surface area contributed by atoms with Crippen molar-refractivity contribution in [2.75, 3.05) is 0 Å². The fraction of sp³-hybridized carbons (Fsp3) is 0.125. The summed E-state index contributed by atoms with van der Waals surface area (Å²) in [5.41, 5.74) is 2.18. The molecule has 0 aliphatic rings. The van der Waals surface area contributed by atoms with Gasteiger partial charge in [0.05, 0.1) is 0 Å². The van der Waals surface area contributed by atoms with E-state index in [1.165, 1.54) is 6.33 Å². The first kappa shape index (κ1) is 6.80. The molecule has 0 atom stereocenters. The minimum Gasteiger partial charge on any atom is -0.234 e. The Kier molecular flexibility index (Phi) is 1.31. The lowest BCUT2D eigenvalue weighted by Crippen LogP contribution is -1.96. The van der Waals surface area contributed by atoms with E-state index in [1.54, 1.807) is 4.52 Å². The number of aromatic nitrogens is 3. The lowest BCUT2D eigenvalue weighted by atomic mass is 10.4. The van der Waals surface area contributed by atoms with Gasteiger partial charge in [-0.25, -0.2) is 9.50 Å². The summed E-state index contributed by atoms with van der Waals surface area (Å²) in [6.45, 7) is 1.93. The highest BCUT2D eigenvalue weighted by atomic mass is 15.2. The van der Waals surface area contributed by atoms with Gasteiger partial charge in [0.1, 0.15) is 17.9 Å². The first-order chi connectivity index (χ1) is 5.83. The predicted octanol–water partition coefficient (Wildman–Crippen LogP) is 0.909. The van der Waals surface area contributed by atoms with Gasteiger partial charge in [0.25, 0.3) is 0 Å². The van der Waals surface area contributed by atoms with Crippen LogP contribution in [0.1, 0.15) is 11.4 Å². The third kappa shape index (κ3) is 0.768. The quantitative estimate of drug-likeness (QED) is 0.572. The van der Waals surface area contributed by atoms with Gasteiger partial charge in [-0.3, -0.25) is 0 Å². The lowest BCUT2D eigenvalue weighted by Gasteiger charge is -1.95. The summed E-state index contributed by atoms with van der Waals surface area (Å²) in [6, 6.07) is 5.76. The molecule has 4 heteroatoms. The molecule has 2 rings (SSSR count). The summed E-state index contributed by atoms with van der Waals surface area (Å²) in [7, 11) is 0. The molecular weight excluding hydrogens is 152 g/mol. The van der Waals surface area contributed by atoms with Crippen molar-refractivity contribution in [3.05, 3.63) is 29.8 Å². The minimum absolute atomic E-state index is 0.415. The Hall–Kier alpha value is -1.89. The molecule has 0 saturated heterocycles. The summed E-state index contributed by atoms with van der Waals surface area (Å²) in [6.07, 6.45) is 1.39. The summed E-state index contributed by atoms with van der Waals surface area (Å²) >= 11 is 0. The van der Waals surface area contributed by atoms with Crippen LogP contribution >= 0.6 is 0 Å². The van der Waals surface area contributed by atoms with E-state index in [0.29, 0.717) is 5.69 Å². The molecule has 0 aliphatic heterocycles. The zero-order chi connectivity index (χ0) is 8.55. The van der Waals surface area contributed by atoms with Gasteiger partial charge in [0, 0.05) is 5.69 Å². The van der Waals surface area contributed by atoms with Crippen LogP contribution in [0.25, 0.3) is 5.52 Å². The molecule has 4 nitrogen and oxygen atoms in total. The molecule has 0 fully saturated rings. The molecule has 0 spiro atoms. The predicted molar refractivity (Wildman–Crippen MR) is 42.4 cm³/mol. The van der Waals surface area contributed by atoms with Crippen LogP contribution in [-0.2, 0) is 0 Å². The molecule has 0 radical (unpaired) electrons. The van der Waals surface area contributed by atoms with Crippen LogP contribution in [-0.4, -0.2) is 14.6 Å². The van der Waals surface area contributed by atoms with E-state index >= 15 is 0 Å². The summed E-state index contributed by atoms with van der Waals surface area (Å²) in [4.78, 5) is 3.85. The Bertz CT molecular complexity index is 463. The molecule has 2 aromatic heterocycles. The third-order valence-electron chi connectivity index (χ3n) is 1.75. The van der Waals surface area contributed by atoms with Gasteiger partial charge >= 0.3 is 0 Å². The van der Waals surface area contributed by atoms with E-state index in [0.717, 1.165) is 11.2 Å². The molecular formula is C8H6N4. The Morgan fingerprint density at radius 2 is 2.33 bits per heavy atom. The highest BCUT2D eigenvalue weighted by molar-refractivity contribution is 5.57. The Morgan fingerprint density at radius 3 is 3.08 bits per heavy atom. The van der Waals surface area contributed by atoms with Gasteiger partial charge in [0.15, 0.2) is 5.69 Å². The fourth-order valence-corrected chi connectivity index (χ4v) is 1.15. The number of nitrogens with zero attached hydrogens (tertiary/aromatic N) is 4. The first-order valence-electron chi connectivity index (χ1n) is 3.52. The van der Waals surface area contributed by atoms with Crippen LogP contribution in [0.3, 0.4) is 0 Å². The normalized spacial score (nSPS) is 10.0. The molecule has 2 aromatic rings. The van der Waals surface area contributed by atoms with Crippen LogP contribution < -0.4 is 0 Å². The first-order valence-corrected chi connectivity index (χ1v) is 3.52. The number of aryl methyl sites for hydroxylation is 1. The van der Waals surface area contributed by atoms with Crippen LogP contribution in [0, 0.1) is 18.3 Å². The fourth-order valence-electron chi connectivity index (χ4n) is 1.15. The van der Waals surface area contributed by atoms with Gasteiger partial charge in [0.2, 0.25) is 0 Å². The molecule has 2 heterocycles. The van der Waals surface area contributed by atoms with E-state index in [-0.39, 0.29) is 0 Å². The largest absolute Gasteiger partial charge is 0.234 e. The van der Waals surface area contributed by atoms with Crippen LogP contribution in [0.15, 0.2) is 18.5 Å². The second kappa shape index (κ2) is 2.31. The summed E-state index contributed by atoms with van der Waals surface area (Å²) in [5, 5.41) is 12.7. The monoisotopic (exact) mass is 158 g/mol. The molecule has 58 valence electrons. The Labute approximate surface area is 69.1 Å². The Balaban J connectivity index is 2.92. The highest BCUT2D eigenvalue weighted by Gasteiger charge is 2.03. The van der Waals surface area contributed by atoms with Crippen LogP contribution in [0.2, 0.25) is 0 Å². The Morgan fingerprint density at radius 1 is 1.50 bits per heavy atom. The van der Waals surface area contributed by atoms with E-state index in [4.69, 9.17) is 5.26 Å². The summed E-state index contributed by atoms with van der Waals surface area (Å²) < 4.78 is 1.70. The highest BCUT2D eigenvalue weighted by Crippen LogP contribution is 2.09. The average Bonchev–Trinajstić information content (AvgIpc) is 2.48. The SMILES string of the molecule is Cc1ccc2c(C#N)ncnn12. The number of nitriles is 1. The molecule has 0 unspecified atom stereocenters. The van der Waals surface area contributed by atoms with Gasteiger partial charge in [-0.2, -0.15) is 10.4 Å². The average molecular weight is 158 g/mol. The van der Waals surface area contributed by atoms with Crippen LogP contribution in [0.4, 0.5) is 0 Å². The van der Waals surface area contributed by atoms with E-state index in [9.17, 15) is 0 Å². The maximum Gasteiger partial charge on any atom is 0.168 e. The van der Waals surface area contributed by atoms with Crippen molar-refractivity contribution in [3.63, 3.8) is 0 Å².